The van der Waals surface area contributed by atoms with Gasteiger partial charge in [-0.3, -0.25) is 0 Å². The molecule has 2 aromatic rings. The van der Waals surface area contributed by atoms with Crippen molar-refractivity contribution in [2.75, 3.05) is 7.11 Å². The lowest BCUT2D eigenvalue weighted by atomic mass is 10.1. The number of benzene rings is 1. The maximum Gasteiger partial charge on any atom is 0.356 e. The highest BCUT2D eigenvalue weighted by molar-refractivity contribution is 9.10. The molecular formula is C12H8BrNO4. The number of nitrogens with zero attached hydrogens (tertiary/aromatic N) is 1. The molecule has 0 radical (unpaired) electrons. The smallest absolute Gasteiger partial charge is 0.356 e. The minimum absolute atomic E-state index is 0.0155. The molecule has 0 atom stereocenters. The second-order valence-electron chi connectivity index (χ2n) is 3.51. The average molecular weight is 310 g/mol. The molecule has 0 bridgehead atoms. The summed E-state index contributed by atoms with van der Waals surface area (Å²) >= 11 is 3.26. The van der Waals surface area contributed by atoms with Gasteiger partial charge in [-0.05, 0) is 24.3 Å². The van der Waals surface area contributed by atoms with Gasteiger partial charge in [-0.2, -0.15) is 0 Å². The highest BCUT2D eigenvalue weighted by atomic mass is 79.9. The Morgan fingerprint density at radius 3 is 2.67 bits per heavy atom. The van der Waals surface area contributed by atoms with E-state index in [1.165, 1.54) is 13.2 Å². The summed E-state index contributed by atoms with van der Waals surface area (Å²) in [4.78, 5) is 26.7. The van der Waals surface area contributed by atoms with Crippen molar-refractivity contribution in [3.63, 3.8) is 0 Å². The van der Waals surface area contributed by atoms with E-state index in [2.05, 4.69) is 25.7 Å². The number of fused-ring (bicyclic) bond motifs is 1. The number of carbonyl (C=O) groups is 2. The molecule has 0 spiro atoms. The maximum absolute atomic E-state index is 11.4. The Labute approximate surface area is 111 Å². The molecule has 0 saturated carbocycles. The van der Waals surface area contributed by atoms with E-state index in [0.29, 0.717) is 10.9 Å². The van der Waals surface area contributed by atoms with Crippen molar-refractivity contribution in [1.82, 2.24) is 4.98 Å². The summed E-state index contributed by atoms with van der Waals surface area (Å²) in [6.45, 7) is 0. The van der Waals surface area contributed by atoms with Crippen LogP contribution in [0.3, 0.4) is 0 Å². The standard InChI is InChI=1S/C12H8BrNO4/c1-18-12(17)10-5-8(11(15)16)7-4-6(13)2-3-9(7)14-10/h2-5H,1H3,(H,15,16). The minimum Gasteiger partial charge on any atom is -0.478 e. The third-order valence-corrected chi connectivity index (χ3v) is 2.89. The van der Waals surface area contributed by atoms with E-state index in [1.54, 1.807) is 18.2 Å². The van der Waals surface area contributed by atoms with Crippen molar-refractivity contribution < 1.29 is 19.4 Å². The second-order valence-corrected chi connectivity index (χ2v) is 4.43. The van der Waals surface area contributed by atoms with Gasteiger partial charge in [-0.25, -0.2) is 14.6 Å². The van der Waals surface area contributed by atoms with Gasteiger partial charge in [0.15, 0.2) is 0 Å². The van der Waals surface area contributed by atoms with E-state index in [9.17, 15) is 9.59 Å². The van der Waals surface area contributed by atoms with E-state index >= 15 is 0 Å². The van der Waals surface area contributed by atoms with Crippen molar-refractivity contribution in [3.8, 4) is 0 Å². The molecule has 0 amide bonds. The molecule has 18 heavy (non-hydrogen) atoms. The number of ether oxygens (including phenoxy) is 1. The fourth-order valence-corrected chi connectivity index (χ4v) is 1.95. The highest BCUT2D eigenvalue weighted by Crippen LogP contribution is 2.23. The number of pyridine rings is 1. The van der Waals surface area contributed by atoms with Crippen LogP contribution >= 0.6 is 15.9 Å². The molecule has 0 unspecified atom stereocenters. The van der Waals surface area contributed by atoms with Crippen molar-refractivity contribution in [3.05, 3.63) is 40.0 Å². The van der Waals surface area contributed by atoms with Crippen molar-refractivity contribution in [2.24, 2.45) is 0 Å². The zero-order chi connectivity index (χ0) is 13.3. The molecular weight excluding hydrogens is 302 g/mol. The number of halogens is 1. The predicted octanol–water partition coefficient (Wildman–Crippen LogP) is 2.48. The molecule has 0 aliphatic carbocycles. The third-order valence-electron chi connectivity index (χ3n) is 2.40. The summed E-state index contributed by atoms with van der Waals surface area (Å²) in [5.74, 6) is -1.78. The van der Waals surface area contributed by atoms with Gasteiger partial charge in [-0.15, -0.1) is 0 Å². The Hall–Kier alpha value is -1.95. The SMILES string of the molecule is COC(=O)c1cc(C(=O)O)c2cc(Br)ccc2n1. The van der Waals surface area contributed by atoms with Gasteiger partial charge in [0.1, 0.15) is 5.69 Å². The molecule has 0 saturated heterocycles. The monoisotopic (exact) mass is 309 g/mol. The topological polar surface area (TPSA) is 76.5 Å². The number of hydrogen-bond donors (Lipinski definition) is 1. The number of esters is 1. The maximum atomic E-state index is 11.4. The molecule has 0 aliphatic heterocycles. The molecule has 0 fully saturated rings. The molecule has 1 aromatic heterocycles. The zero-order valence-corrected chi connectivity index (χ0v) is 10.9. The summed E-state index contributed by atoms with van der Waals surface area (Å²) in [5.41, 5.74) is 0.421. The number of rotatable bonds is 2. The molecule has 6 heteroatoms. The Morgan fingerprint density at radius 2 is 2.06 bits per heavy atom. The fourth-order valence-electron chi connectivity index (χ4n) is 1.58. The number of carbonyl (C=O) groups excluding carboxylic acids is 1. The summed E-state index contributed by atoms with van der Waals surface area (Å²) in [7, 11) is 1.22. The summed E-state index contributed by atoms with van der Waals surface area (Å²) in [5, 5.41) is 9.62. The van der Waals surface area contributed by atoms with Crippen molar-refractivity contribution in [2.45, 2.75) is 0 Å². The van der Waals surface area contributed by atoms with Crippen LogP contribution in [0.1, 0.15) is 20.8 Å². The zero-order valence-electron chi connectivity index (χ0n) is 9.31. The molecule has 0 aliphatic rings. The lowest BCUT2D eigenvalue weighted by Gasteiger charge is -2.05. The fraction of sp³-hybridized carbons (Fsp3) is 0.0833. The van der Waals surface area contributed by atoms with Crippen LogP contribution in [0.5, 0.6) is 0 Å². The quantitative estimate of drug-likeness (QED) is 0.862. The molecule has 2 rings (SSSR count). The van der Waals surface area contributed by atoms with Crippen LogP contribution in [0, 0.1) is 0 Å². The van der Waals surface area contributed by atoms with Crippen LogP contribution in [-0.2, 0) is 4.74 Å². The van der Waals surface area contributed by atoms with Crippen LogP contribution in [0.15, 0.2) is 28.7 Å². The Balaban J connectivity index is 2.78. The van der Waals surface area contributed by atoms with Crippen LogP contribution in [0.4, 0.5) is 0 Å². The molecule has 92 valence electrons. The number of methoxy groups -OCH3 is 1. The van der Waals surface area contributed by atoms with Crippen molar-refractivity contribution >= 4 is 38.8 Å². The van der Waals surface area contributed by atoms with E-state index in [-0.39, 0.29) is 11.3 Å². The van der Waals surface area contributed by atoms with Gasteiger partial charge in [0.05, 0.1) is 18.2 Å². The lowest BCUT2D eigenvalue weighted by Crippen LogP contribution is -2.08. The summed E-state index contributed by atoms with van der Waals surface area (Å²) < 4.78 is 5.28. The second kappa shape index (κ2) is 4.73. The lowest BCUT2D eigenvalue weighted by molar-refractivity contribution is 0.0594. The number of aromatic nitrogens is 1. The number of aromatic carboxylic acids is 1. The summed E-state index contributed by atoms with van der Waals surface area (Å²) in [6, 6.07) is 6.22. The predicted molar refractivity (Wildman–Crippen MR) is 67.7 cm³/mol. The van der Waals surface area contributed by atoms with Gasteiger partial charge in [0, 0.05) is 9.86 Å². The highest BCUT2D eigenvalue weighted by Gasteiger charge is 2.16. The van der Waals surface area contributed by atoms with Gasteiger partial charge < -0.3 is 9.84 Å². The molecule has 1 aromatic carbocycles. The van der Waals surface area contributed by atoms with E-state index in [0.717, 1.165) is 4.47 Å². The van der Waals surface area contributed by atoms with Crippen LogP contribution in [0.2, 0.25) is 0 Å². The third kappa shape index (κ3) is 2.19. The first-order valence-corrected chi connectivity index (χ1v) is 5.74. The first-order chi connectivity index (χ1) is 8.52. The number of hydrogen-bond acceptors (Lipinski definition) is 4. The van der Waals surface area contributed by atoms with Gasteiger partial charge in [-0.1, -0.05) is 15.9 Å². The molecule has 1 heterocycles. The van der Waals surface area contributed by atoms with Crippen LogP contribution < -0.4 is 0 Å². The number of carboxylic acids is 1. The Bertz CT molecular complexity index is 654. The largest absolute Gasteiger partial charge is 0.478 e. The van der Waals surface area contributed by atoms with Crippen LogP contribution in [-0.4, -0.2) is 29.1 Å². The molecule has 5 nitrogen and oxygen atoms in total. The normalized spacial score (nSPS) is 10.3. The van der Waals surface area contributed by atoms with Gasteiger partial charge in [0.25, 0.3) is 0 Å². The Morgan fingerprint density at radius 1 is 1.33 bits per heavy atom. The van der Waals surface area contributed by atoms with Crippen molar-refractivity contribution in [1.29, 1.82) is 0 Å². The minimum atomic E-state index is -1.12. The van der Waals surface area contributed by atoms with Gasteiger partial charge in [0.2, 0.25) is 0 Å². The average Bonchev–Trinajstić information content (AvgIpc) is 2.36. The van der Waals surface area contributed by atoms with E-state index < -0.39 is 11.9 Å². The van der Waals surface area contributed by atoms with Crippen LogP contribution in [0.25, 0.3) is 10.9 Å². The number of carboxylic acid groups (broad SMARTS) is 1. The van der Waals surface area contributed by atoms with E-state index in [1.807, 2.05) is 0 Å². The van der Waals surface area contributed by atoms with E-state index in [4.69, 9.17) is 5.11 Å². The first-order valence-electron chi connectivity index (χ1n) is 4.95. The summed E-state index contributed by atoms with van der Waals surface area (Å²) in [6.07, 6.45) is 0. The van der Waals surface area contributed by atoms with Gasteiger partial charge >= 0.3 is 11.9 Å². The first kappa shape index (κ1) is 12.5. The Kier molecular flexibility index (Phi) is 3.29. The molecule has 1 N–H and O–H groups in total.